The second-order valence-electron chi connectivity index (χ2n) is 6.14. The van der Waals surface area contributed by atoms with E-state index < -0.39 is 0 Å². The lowest BCUT2D eigenvalue weighted by atomic mass is 10.0. The van der Waals surface area contributed by atoms with Crippen molar-refractivity contribution in [1.29, 1.82) is 0 Å². The van der Waals surface area contributed by atoms with Gasteiger partial charge < -0.3 is 9.73 Å². The molecule has 1 aromatic rings. The summed E-state index contributed by atoms with van der Waals surface area (Å²) in [6, 6.07) is 0.234. The van der Waals surface area contributed by atoms with E-state index in [1.807, 2.05) is 0 Å². The summed E-state index contributed by atoms with van der Waals surface area (Å²) in [5, 5.41) is 13.9. The van der Waals surface area contributed by atoms with E-state index in [0.29, 0.717) is 30.2 Å². The highest BCUT2D eigenvalue weighted by Crippen LogP contribution is 2.39. The highest BCUT2D eigenvalue weighted by molar-refractivity contribution is 5.90. The summed E-state index contributed by atoms with van der Waals surface area (Å²) in [6.07, 6.45) is 2.22. The number of likely N-dealkylation sites (tertiary alicyclic amines) is 1. The van der Waals surface area contributed by atoms with Gasteiger partial charge in [-0.2, -0.15) is 0 Å². The molecule has 3 fully saturated rings. The lowest BCUT2D eigenvalue weighted by Crippen LogP contribution is -2.33. The smallest absolute Gasteiger partial charge is 0.322 e. The molecule has 1 aliphatic carbocycles. The van der Waals surface area contributed by atoms with Crippen LogP contribution in [0.5, 0.6) is 0 Å². The molecule has 108 valence electrons. The van der Waals surface area contributed by atoms with Crippen LogP contribution in [0.3, 0.4) is 0 Å². The Kier molecular flexibility index (Phi) is 2.96. The molecule has 0 unspecified atom stereocenters. The minimum atomic E-state index is -0.0658. The van der Waals surface area contributed by atoms with Crippen LogP contribution >= 0.6 is 0 Å². The van der Waals surface area contributed by atoms with Gasteiger partial charge in [-0.15, -0.1) is 5.10 Å². The number of amides is 1. The Morgan fingerprint density at radius 1 is 1.30 bits per heavy atom. The summed E-state index contributed by atoms with van der Waals surface area (Å²) in [4.78, 5) is 14.2. The zero-order valence-electron chi connectivity index (χ0n) is 11.3. The van der Waals surface area contributed by atoms with Crippen LogP contribution in [0.2, 0.25) is 0 Å². The van der Waals surface area contributed by atoms with Crippen molar-refractivity contribution < 1.29 is 9.21 Å². The van der Waals surface area contributed by atoms with Gasteiger partial charge >= 0.3 is 6.01 Å². The third-order valence-electron chi connectivity index (χ3n) is 4.45. The normalized spacial score (nSPS) is 29.6. The Morgan fingerprint density at radius 3 is 2.75 bits per heavy atom. The molecule has 7 nitrogen and oxygen atoms in total. The molecule has 3 heterocycles. The summed E-state index contributed by atoms with van der Waals surface area (Å²) < 4.78 is 5.43. The molecule has 0 radical (unpaired) electrons. The van der Waals surface area contributed by atoms with E-state index in [4.69, 9.17) is 4.42 Å². The van der Waals surface area contributed by atoms with Gasteiger partial charge in [0.2, 0.25) is 11.8 Å². The molecule has 3 aliphatic rings. The fraction of sp³-hybridized carbons (Fsp3) is 0.769. The summed E-state index contributed by atoms with van der Waals surface area (Å²) in [5.74, 6) is 2.41. The topological polar surface area (TPSA) is 83.3 Å². The number of fused-ring (bicyclic) bond motifs is 1. The van der Waals surface area contributed by atoms with E-state index >= 15 is 0 Å². The largest absolute Gasteiger partial charge is 0.408 e. The van der Waals surface area contributed by atoms with Gasteiger partial charge in [-0.3, -0.25) is 15.0 Å². The molecular formula is C13H19N5O2. The predicted octanol–water partition coefficient (Wildman–Crippen LogP) is 0.0367. The van der Waals surface area contributed by atoms with Crippen LogP contribution in [-0.2, 0) is 4.79 Å². The Balaban J connectivity index is 1.29. The molecule has 2 N–H and O–H groups in total. The number of aromatic nitrogens is 2. The number of carbonyl (C=O) groups excluding carboxylic acids is 1. The van der Waals surface area contributed by atoms with E-state index in [-0.39, 0.29) is 11.9 Å². The van der Waals surface area contributed by atoms with Gasteiger partial charge in [0.1, 0.15) is 0 Å². The molecule has 0 spiro atoms. The molecule has 2 aliphatic heterocycles. The molecule has 2 saturated heterocycles. The maximum absolute atomic E-state index is 12.0. The van der Waals surface area contributed by atoms with Crippen LogP contribution < -0.4 is 10.6 Å². The third kappa shape index (κ3) is 2.43. The number of carbonyl (C=O) groups is 1. The quantitative estimate of drug-likeness (QED) is 0.808. The van der Waals surface area contributed by atoms with Crippen molar-refractivity contribution in [3.8, 4) is 0 Å². The molecule has 1 saturated carbocycles. The number of hydrogen-bond donors (Lipinski definition) is 2. The summed E-state index contributed by atoms with van der Waals surface area (Å²) in [7, 11) is 0. The third-order valence-corrected chi connectivity index (χ3v) is 4.45. The van der Waals surface area contributed by atoms with E-state index in [2.05, 4.69) is 25.7 Å². The minimum absolute atomic E-state index is 0.0658. The number of anilines is 1. The maximum Gasteiger partial charge on any atom is 0.322 e. The van der Waals surface area contributed by atoms with Gasteiger partial charge in [0.25, 0.3) is 0 Å². The van der Waals surface area contributed by atoms with E-state index in [9.17, 15) is 4.79 Å². The van der Waals surface area contributed by atoms with Crippen LogP contribution in [0.25, 0.3) is 0 Å². The highest BCUT2D eigenvalue weighted by atomic mass is 16.4. The molecule has 1 amide bonds. The van der Waals surface area contributed by atoms with Gasteiger partial charge in [-0.05, 0) is 37.8 Å². The summed E-state index contributed by atoms with van der Waals surface area (Å²) >= 11 is 0. The first-order valence-corrected chi connectivity index (χ1v) is 7.34. The standard InChI is InChI=1S/C13H19N5O2/c19-11(7-18-5-9-3-14-4-10(9)6-18)15-13-17-16-12(20-13)8-1-2-8/h8-10,14H,1-7H2,(H,15,17,19)/t9-,10+. The molecule has 1 aromatic heterocycles. The molecule has 20 heavy (non-hydrogen) atoms. The fourth-order valence-corrected chi connectivity index (χ4v) is 3.22. The molecule has 0 bridgehead atoms. The molecule has 2 atom stereocenters. The monoisotopic (exact) mass is 277 g/mol. The maximum atomic E-state index is 12.0. The minimum Gasteiger partial charge on any atom is -0.408 e. The van der Waals surface area contributed by atoms with Crippen molar-refractivity contribution in [1.82, 2.24) is 20.4 Å². The Hall–Kier alpha value is -1.47. The second kappa shape index (κ2) is 4.82. The fourth-order valence-electron chi connectivity index (χ4n) is 3.22. The number of nitrogens with zero attached hydrogens (tertiary/aromatic N) is 3. The van der Waals surface area contributed by atoms with Crippen molar-refractivity contribution >= 4 is 11.9 Å². The lowest BCUT2D eigenvalue weighted by Gasteiger charge is -2.15. The SMILES string of the molecule is O=C(CN1C[C@H]2CNC[C@H]2C1)Nc1nnc(C2CC2)o1. The van der Waals surface area contributed by atoms with Crippen LogP contribution in [0.15, 0.2) is 4.42 Å². The predicted molar refractivity (Wildman–Crippen MR) is 71.2 cm³/mol. The summed E-state index contributed by atoms with van der Waals surface area (Å²) in [6.45, 7) is 4.58. The second-order valence-corrected chi connectivity index (χ2v) is 6.14. The van der Waals surface area contributed by atoms with Crippen LogP contribution in [0.4, 0.5) is 6.01 Å². The van der Waals surface area contributed by atoms with E-state index in [1.165, 1.54) is 0 Å². The number of hydrogen-bond acceptors (Lipinski definition) is 6. The van der Waals surface area contributed by atoms with Gasteiger partial charge in [-0.1, -0.05) is 5.10 Å². The van der Waals surface area contributed by atoms with Crippen molar-refractivity contribution in [3.05, 3.63) is 5.89 Å². The molecular weight excluding hydrogens is 258 g/mol. The first-order valence-electron chi connectivity index (χ1n) is 7.34. The van der Waals surface area contributed by atoms with Gasteiger partial charge in [0, 0.05) is 19.0 Å². The summed E-state index contributed by atoms with van der Waals surface area (Å²) in [5.41, 5.74) is 0. The highest BCUT2D eigenvalue weighted by Gasteiger charge is 2.36. The van der Waals surface area contributed by atoms with Crippen molar-refractivity contribution in [2.75, 3.05) is 38.0 Å². The Labute approximate surface area is 117 Å². The molecule has 4 rings (SSSR count). The van der Waals surface area contributed by atoms with Crippen molar-refractivity contribution in [3.63, 3.8) is 0 Å². The van der Waals surface area contributed by atoms with Gasteiger partial charge in [-0.25, -0.2) is 0 Å². The van der Waals surface area contributed by atoms with E-state index in [1.54, 1.807) is 0 Å². The van der Waals surface area contributed by atoms with Crippen LogP contribution in [0.1, 0.15) is 24.7 Å². The van der Waals surface area contributed by atoms with Gasteiger partial charge in [0.15, 0.2) is 0 Å². The zero-order valence-corrected chi connectivity index (χ0v) is 11.3. The van der Waals surface area contributed by atoms with Crippen molar-refractivity contribution in [2.45, 2.75) is 18.8 Å². The first kappa shape index (κ1) is 12.3. The van der Waals surface area contributed by atoms with Crippen LogP contribution in [0, 0.1) is 11.8 Å². The zero-order chi connectivity index (χ0) is 13.5. The average Bonchev–Trinajstić information content (AvgIpc) is 2.81. The Morgan fingerprint density at radius 2 is 2.05 bits per heavy atom. The Bertz CT molecular complexity index is 501. The number of rotatable bonds is 4. The van der Waals surface area contributed by atoms with E-state index in [0.717, 1.165) is 39.0 Å². The molecule has 7 heteroatoms. The van der Waals surface area contributed by atoms with Crippen LogP contribution in [-0.4, -0.2) is 53.7 Å². The lowest BCUT2D eigenvalue weighted by molar-refractivity contribution is -0.117. The number of nitrogens with one attached hydrogen (secondary N) is 2. The molecule has 0 aromatic carbocycles. The first-order chi connectivity index (χ1) is 9.78. The average molecular weight is 277 g/mol. The van der Waals surface area contributed by atoms with Crippen molar-refractivity contribution in [2.24, 2.45) is 11.8 Å². The van der Waals surface area contributed by atoms with Gasteiger partial charge in [0.05, 0.1) is 6.54 Å².